The van der Waals surface area contributed by atoms with Gasteiger partial charge >= 0.3 is 5.97 Å². The van der Waals surface area contributed by atoms with Crippen molar-refractivity contribution < 1.29 is 29.2 Å². The van der Waals surface area contributed by atoms with E-state index in [0.29, 0.717) is 12.3 Å². The van der Waals surface area contributed by atoms with E-state index < -0.39 is 24.4 Å². The maximum atomic E-state index is 11.6. The monoisotopic (exact) mass is 275 g/mol. The molecular formula is C11H14ClNO5. The summed E-state index contributed by atoms with van der Waals surface area (Å²) < 4.78 is 9.88. The zero-order chi connectivity index (χ0) is 13.4. The number of carboxylic acids is 1. The molecule has 0 unspecified atom stereocenters. The van der Waals surface area contributed by atoms with Crippen molar-refractivity contribution in [1.82, 2.24) is 0 Å². The summed E-state index contributed by atoms with van der Waals surface area (Å²) in [6.07, 6.45) is 1.09. The van der Waals surface area contributed by atoms with E-state index in [4.69, 9.17) is 20.8 Å². The molecule has 0 saturated carbocycles. The van der Waals surface area contributed by atoms with Gasteiger partial charge in [0.2, 0.25) is 0 Å². The minimum atomic E-state index is -1.31. The Morgan fingerprint density at radius 1 is 1.56 bits per heavy atom. The molecule has 1 aromatic heterocycles. The average molecular weight is 276 g/mol. The summed E-state index contributed by atoms with van der Waals surface area (Å²) in [5.41, 5.74) is 0. The highest BCUT2D eigenvalue weighted by molar-refractivity contribution is 6.18. The minimum absolute atomic E-state index is 0.0541. The van der Waals surface area contributed by atoms with Crippen LogP contribution in [0.5, 0.6) is 0 Å². The van der Waals surface area contributed by atoms with E-state index >= 15 is 0 Å². The number of carbonyl (C=O) groups is 2. The van der Waals surface area contributed by atoms with E-state index in [1.165, 1.54) is 11.6 Å². The zero-order valence-electron chi connectivity index (χ0n) is 9.63. The van der Waals surface area contributed by atoms with Crippen LogP contribution in [0.25, 0.3) is 0 Å². The van der Waals surface area contributed by atoms with Crippen molar-refractivity contribution >= 4 is 23.5 Å². The first kappa shape index (κ1) is 14.5. The first-order valence-corrected chi connectivity index (χ1v) is 5.95. The first-order chi connectivity index (χ1) is 8.63. The number of carboxylic acid groups (broad SMARTS) is 1. The fraction of sp³-hybridized carbons (Fsp3) is 0.455. The molecule has 0 aliphatic rings. The smallest absolute Gasteiger partial charge is 0.365 e. The van der Waals surface area contributed by atoms with Gasteiger partial charge in [0, 0.05) is 5.97 Å². The summed E-state index contributed by atoms with van der Waals surface area (Å²) in [7, 11) is 0. The summed E-state index contributed by atoms with van der Waals surface area (Å²) >= 11 is 5.38. The van der Waals surface area contributed by atoms with Crippen molar-refractivity contribution in [3.05, 3.63) is 24.2 Å². The standard InChI is InChI=1S/C11H14ClNO5/c12-3-5-18-11(16)9(6-10(14)15)13-7-8-2-1-4-17-8/h1-2,4,9,13H,3,5-7H2,(H,14,15)/t9-/m1/s1. The number of hydrogen-bond donors (Lipinski definition) is 1. The van der Waals surface area contributed by atoms with Gasteiger partial charge in [0.05, 0.1) is 18.6 Å². The Morgan fingerprint density at radius 3 is 2.89 bits per heavy atom. The number of hydrogen-bond acceptors (Lipinski definition) is 5. The van der Waals surface area contributed by atoms with E-state index in [1.807, 2.05) is 0 Å². The Labute approximate surface area is 109 Å². The number of aliphatic carboxylic acids is 1. The van der Waals surface area contributed by atoms with Crippen LogP contribution >= 0.6 is 11.6 Å². The molecule has 18 heavy (non-hydrogen) atoms. The molecule has 2 N–H and O–H groups in total. The number of carbonyl (C=O) groups excluding carboxylic acids is 2. The highest BCUT2D eigenvalue weighted by Gasteiger charge is 2.24. The minimum Gasteiger partial charge on any atom is -0.550 e. The van der Waals surface area contributed by atoms with Crippen LogP contribution in [-0.4, -0.2) is 30.5 Å². The fourth-order valence-corrected chi connectivity index (χ4v) is 1.45. The second-order valence-electron chi connectivity index (χ2n) is 3.56. The van der Waals surface area contributed by atoms with Gasteiger partial charge in [0.1, 0.15) is 13.2 Å². The van der Waals surface area contributed by atoms with E-state index in [0.717, 1.165) is 0 Å². The quantitative estimate of drug-likeness (QED) is 0.467. The Kier molecular flexibility index (Phi) is 6.24. The number of alkyl halides is 1. The SMILES string of the molecule is O=C([O-])C[C@@H]([NH2+]Cc1ccco1)C(=O)OCCCl. The number of ether oxygens (including phenoxy) is 1. The molecule has 7 heteroatoms. The lowest BCUT2D eigenvalue weighted by atomic mass is 10.2. The van der Waals surface area contributed by atoms with Gasteiger partial charge in [-0.05, 0) is 12.1 Å². The lowest BCUT2D eigenvalue weighted by Crippen LogP contribution is -2.91. The number of furan rings is 1. The van der Waals surface area contributed by atoms with Crippen LogP contribution in [0, 0.1) is 0 Å². The van der Waals surface area contributed by atoms with Crippen molar-refractivity contribution in [2.24, 2.45) is 0 Å². The Bertz CT molecular complexity index is 379. The average Bonchev–Trinajstić information content (AvgIpc) is 2.84. The molecule has 1 atom stereocenters. The van der Waals surface area contributed by atoms with Crippen molar-refractivity contribution in [2.75, 3.05) is 12.5 Å². The maximum absolute atomic E-state index is 11.6. The van der Waals surface area contributed by atoms with E-state index in [2.05, 4.69) is 0 Å². The van der Waals surface area contributed by atoms with Crippen LogP contribution in [-0.2, 0) is 20.9 Å². The molecule has 1 rings (SSSR count). The third kappa shape index (κ3) is 5.20. The summed E-state index contributed by atoms with van der Waals surface area (Å²) in [6, 6.07) is 2.59. The largest absolute Gasteiger partial charge is 0.550 e. The molecule has 100 valence electrons. The van der Waals surface area contributed by atoms with Gasteiger partial charge in [0.25, 0.3) is 0 Å². The van der Waals surface area contributed by atoms with Crippen LogP contribution in [0.3, 0.4) is 0 Å². The van der Waals surface area contributed by atoms with Gasteiger partial charge in [-0.1, -0.05) is 0 Å². The topological polar surface area (TPSA) is 96.2 Å². The molecule has 0 aliphatic carbocycles. The summed E-state index contributed by atoms with van der Waals surface area (Å²) in [5.74, 6) is -1.12. The molecule has 0 radical (unpaired) electrons. The number of halogens is 1. The molecule has 1 heterocycles. The van der Waals surface area contributed by atoms with Gasteiger partial charge in [-0.3, -0.25) is 0 Å². The van der Waals surface area contributed by atoms with Crippen LogP contribution in [0.1, 0.15) is 12.2 Å². The number of nitrogens with two attached hydrogens (primary N) is 1. The van der Waals surface area contributed by atoms with Gasteiger partial charge < -0.3 is 24.4 Å². The third-order valence-corrected chi connectivity index (χ3v) is 2.35. The lowest BCUT2D eigenvalue weighted by Gasteiger charge is -2.14. The molecule has 0 saturated heterocycles. The molecule has 0 fully saturated rings. The fourth-order valence-electron chi connectivity index (χ4n) is 1.38. The molecule has 0 amide bonds. The van der Waals surface area contributed by atoms with Crippen LogP contribution in [0.2, 0.25) is 0 Å². The molecular weight excluding hydrogens is 262 g/mol. The molecule has 0 aromatic carbocycles. The molecule has 0 spiro atoms. The Hall–Kier alpha value is -1.53. The first-order valence-electron chi connectivity index (χ1n) is 5.41. The van der Waals surface area contributed by atoms with E-state index in [-0.39, 0.29) is 12.5 Å². The lowest BCUT2D eigenvalue weighted by molar-refractivity contribution is -0.694. The van der Waals surface area contributed by atoms with Gasteiger partial charge in [-0.15, -0.1) is 11.6 Å². The van der Waals surface area contributed by atoms with Crippen LogP contribution in [0.4, 0.5) is 0 Å². The van der Waals surface area contributed by atoms with Crippen molar-refractivity contribution in [2.45, 2.75) is 19.0 Å². The predicted molar refractivity (Wildman–Crippen MR) is 59.4 cm³/mol. The highest BCUT2D eigenvalue weighted by atomic mass is 35.5. The Balaban J connectivity index is 2.49. The number of esters is 1. The zero-order valence-corrected chi connectivity index (χ0v) is 10.4. The van der Waals surface area contributed by atoms with E-state index in [1.54, 1.807) is 12.1 Å². The van der Waals surface area contributed by atoms with Gasteiger partial charge in [-0.25, -0.2) is 4.79 Å². The Morgan fingerprint density at radius 2 is 2.33 bits per heavy atom. The predicted octanol–water partition coefficient (Wildman–Crippen LogP) is -1.37. The molecule has 6 nitrogen and oxygen atoms in total. The normalized spacial score (nSPS) is 12.1. The van der Waals surface area contributed by atoms with Crippen molar-refractivity contribution in [3.63, 3.8) is 0 Å². The van der Waals surface area contributed by atoms with Gasteiger partial charge in [-0.2, -0.15) is 0 Å². The second kappa shape index (κ2) is 7.73. The summed E-state index contributed by atoms with van der Waals surface area (Å²) in [6.45, 7) is 0.402. The highest BCUT2D eigenvalue weighted by Crippen LogP contribution is 1.97. The molecule has 0 bridgehead atoms. The van der Waals surface area contributed by atoms with Crippen LogP contribution in [0.15, 0.2) is 22.8 Å². The third-order valence-electron chi connectivity index (χ3n) is 2.19. The van der Waals surface area contributed by atoms with Gasteiger partial charge in [0.15, 0.2) is 11.8 Å². The van der Waals surface area contributed by atoms with E-state index in [9.17, 15) is 14.7 Å². The second-order valence-corrected chi connectivity index (χ2v) is 3.94. The van der Waals surface area contributed by atoms with Crippen molar-refractivity contribution in [3.8, 4) is 0 Å². The molecule has 1 aromatic rings. The summed E-state index contributed by atoms with van der Waals surface area (Å²) in [5, 5.41) is 12.1. The summed E-state index contributed by atoms with van der Waals surface area (Å²) in [4.78, 5) is 22.1. The number of rotatable bonds is 8. The van der Waals surface area contributed by atoms with Crippen LogP contribution < -0.4 is 10.4 Å². The molecule has 0 aliphatic heterocycles. The number of quaternary nitrogens is 1. The maximum Gasteiger partial charge on any atom is 0.365 e. The van der Waals surface area contributed by atoms with Crippen molar-refractivity contribution in [1.29, 1.82) is 0 Å².